The van der Waals surface area contributed by atoms with Crippen molar-refractivity contribution in [2.75, 3.05) is 0 Å². The first-order chi connectivity index (χ1) is 5.96. The molecule has 0 radical (unpaired) electrons. The Balaban J connectivity index is 3.29. The number of alkyl halides is 4. The summed E-state index contributed by atoms with van der Waals surface area (Å²) in [6.07, 6.45) is -4.55. The lowest BCUT2D eigenvalue weighted by Gasteiger charge is -2.10. The molecule has 0 saturated heterocycles. The molecule has 0 spiro atoms. The molecule has 13 heavy (non-hydrogen) atoms. The molecule has 1 aromatic carbocycles. The van der Waals surface area contributed by atoms with E-state index >= 15 is 0 Å². The minimum absolute atomic E-state index is 0.485. The predicted octanol–water partition coefficient (Wildman–Crippen LogP) is 3.58. The summed E-state index contributed by atoms with van der Waals surface area (Å²) >= 11 is 5.20. The Morgan fingerprint density at radius 1 is 1.23 bits per heavy atom. The Kier molecular flexibility index (Phi) is 2.81. The van der Waals surface area contributed by atoms with Crippen molar-refractivity contribution in [1.82, 2.24) is 0 Å². The molecule has 0 bridgehead atoms. The van der Waals surface area contributed by atoms with Crippen molar-refractivity contribution in [1.29, 1.82) is 0 Å². The molecule has 0 atom stereocenters. The largest absolute Gasteiger partial charge is 0.416 e. The SMILES string of the molecule is Fc1cccc(C(F)(F)F)c1CCl. The van der Waals surface area contributed by atoms with Crippen molar-refractivity contribution >= 4 is 11.6 Å². The lowest BCUT2D eigenvalue weighted by molar-refractivity contribution is -0.138. The van der Waals surface area contributed by atoms with E-state index in [-0.39, 0.29) is 0 Å². The smallest absolute Gasteiger partial charge is 0.207 e. The van der Waals surface area contributed by atoms with Crippen molar-refractivity contribution in [2.24, 2.45) is 0 Å². The van der Waals surface area contributed by atoms with Crippen molar-refractivity contribution in [3.05, 3.63) is 35.1 Å². The van der Waals surface area contributed by atoms with Gasteiger partial charge in [0.25, 0.3) is 0 Å². The van der Waals surface area contributed by atoms with Gasteiger partial charge in [-0.25, -0.2) is 4.39 Å². The monoisotopic (exact) mass is 212 g/mol. The van der Waals surface area contributed by atoms with Gasteiger partial charge in [0.15, 0.2) is 0 Å². The van der Waals surface area contributed by atoms with Gasteiger partial charge in [-0.15, -0.1) is 11.6 Å². The van der Waals surface area contributed by atoms with Crippen LogP contribution in [0.1, 0.15) is 11.1 Å². The molecule has 0 aliphatic carbocycles. The fourth-order valence-corrected chi connectivity index (χ4v) is 1.23. The highest BCUT2D eigenvalue weighted by Gasteiger charge is 2.33. The second-order valence-corrected chi connectivity index (χ2v) is 2.66. The normalized spacial score (nSPS) is 11.8. The average molecular weight is 213 g/mol. The molecule has 72 valence electrons. The third-order valence-corrected chi connectivity index (χ3v) is 1.83. The lowest BCUT2D eigenvalue weighted by Crippen LogP contribution is -2.09. The molecular formula is C8H5ClF4. The van der Waals surface area contributed by atoms with Gasteiger partial charge in [-0.05, 0) is 12.1 Å². The summed E-state index contributed by atoms with van der Waals surface area (Å²) < 4.78 is 49.4. The van der Waals surface area contributed by atoms with Crippen LogP contribution in [-0.2, 0) is 12.1 Å². The van der Waals surface area contributed by atoms with Crippen LogP contribution < -0.4 is 0 Å². The van der Waals surface area contributed by atoms with Crippen LogP contribution >= 0.6 is 11.6 Å². The molecule has 0 fully saturated rings. The average Bonchev–Trinajstić information content (AvgIpc) is 2.02. The molecule has 5 heteroatoms. The van der Waals surface area contributed by atoms with E-state index in [4.69, 9.17) is 11.6 Å². The zero-order chi connectivity index (χ0) is 10.1. The van der Waals surface area contributed by atoms with E-state index < -0.39 is 29.0 Å². The predicted molar refractivity (Wildman–Crippen MR) is 41.0 cm³/mol. The van der Waals surface area contributed by atoms with E-state index in [9.17, 15) is 17.6 Å². The third-order valence-electron chi connectivity index (χ3n) is 1.56. The van der Waals surface area contributed by atoms with Crippen molar-refractivity contribution < 1.29 is 17.6 Å². The van der Waals surface area contributed by atoms with Gasteiger partial charge < -0.3 is 0 Å². The van der Waals surface area contributed by atoms with Crippen LogP contribution in [0.25, 0.3) is 0 Å². The minimum atomic E-state index is -4.55. The van der Waals surface area contributed by atoms with E-state index in [1.165, 1.54) is 0 Å². The fourth-order valence-electron chi connectivity index (χ4n) is 0.960. The summed E-state index contributed by atoms with van der Waals surface area (Å²) in [6, 6.07) is 2.77. The van der Waals surface area contributed by atoms with Crippen LogP contribution in [0.2, 0.25) is 0 Å². The highest BCUT2D eigenvalue weighted by molar-refractivity contribution is 6.17. The van der Waals surface area contributed by atoms with Crippen molar-refractivity contribution in [3.63, 3.8) is 0 Å². The van der Waals surface area contributed by atoms with E-state index in [1.54, 1.807) is 0 Å². The number of halogens is 5. The van der Waals surface area contributed by atoms with Gasteiger partial charge in [-0.1, -0.05) is 6.07 Å². The molecule has 0 nitrogen and oxygen atoms in total. The maximum atomic E-state index is 12.8. The van der Waals surface area contributed by atoms with Crippen LogP contribution in [0.5, 0.6) is 0 Å². The molecule has 0 saturated carbocycles. The summed E-state index contributed by atoms with van der Waals surface area (Å²) in [6.45, 7) is 0. The molecule has 1 rings (SSSR count). The molecule has 1 aromatic rings. The topological polar surface area (TPSA) is 0 Å². The van der Waals surface area contributed by atoms with Crippen LogP contribution in [0, 0.1) is 5.82 Å². The maximum Gasteiger partial charge on any atom is 0.416 e. The van der Waals surface area contributed by atoms with E-state index in [0.29, 0.717) is 0 Å². The minimum Gasteiger partial charge on any atom is -0.207 e. The Labute approximate surface area is 77.1 Å². The van der Waals surface area contributed by atoms with Crippen LogP contribution in [0.4, 0.5) is 17.6 Å². The molecule has 0 aliphatic rings. The molecule has 0 aromatic heterocycles. The number of hydrogen-bond acceptors (Lipinski definition) is 0. The first-order valence-corrected chi connectivity index (χ1v) is 3.91. The molecule has 0 N–H and O–H groups in total. The third kappa shape index (κ3) is 2.12. The second-order valence-electron chi connectivity index (χ2n) is 2.40. The number of rotatable bonds is 1. The first-order valence-electron chi connectivity index (χ1n) is 3.37. The molecule has 0 amide bonds. The molecule has 0 unspecified atom stereocenters. The zero-order valence-electron chi connectivity index (χ0n) is 6.33. The van der Waals surface area contributed by atoms with E-state index in [1.807, 2.05) is 0 Å². The van der Waals surface area contributed by atoms with Gasteiger partial charge in [0.2, 0.25) is 0 Å². The summed E-state index contributed by atoms with van der Waals surface area (Å²) in [5.41, 5.74) is -1.51. The van der Waals surface area contributed by atoms with E-state index in [2.05, 4.69) is 0 Å². The van der Waals surface area contributed by atoms with Crippen molar-refractivity contribution in [3.8, 4) is 0 Å². The van der Waals surface area contributed by atoms with Gasteiger partial charge in [-0.2, -0.15) is 13.2 Å². The Morgan fingerprint density at radius 3 is 2.23 bits per heavy atom. The molecular weight excluding hydrogens is 208 g/mol. The van der Waals surface area contributed by atoms with Crippen LogP contribution in [0.15, 0.2) is 18.2 Å². The quantitative estimate of drug-likeness (QED) is 0.493. The number of hydrogen-bond donors (Lipinski definition) is 0. The van der Waals surface area contributed by atoms with Crippen LogP contribution in [0.3, 0.4) is 0 Å². The zero-order valence-corrected chi connectivity index (χ0v) is 7.08. The first kappa shape index (κ1) is 10.3. The molecule has 0 heterocycles. The van der Waals surface area contributed by atoms with Crippen molar-refractivity contribution in [2.45, 2.75) is 12.1 Å². The summed E-state index contributed by atoms with van der Waals surface area (Å²) in [5.74, 6) is -1.41. The summed E-state index contributed by atoms with van der Waals surface area (Å²) in [7, 11) is 0. The van der Waals surface area contributed by atoms with E-state index in [0.717, 1.165) is 18.2 Å². The highest BCUT2D eigenvalue weighted by Crippen LogP contribution is 2.33. The van der Waals surface area contributed by atoms with Gasteiger partial charge in [0, 0.05) is 5.56 Å². The second kappa shape index (κ2) is 3.54. The molecule has 0 aliphatic heterocycles. The van der Waals surface area contributed by atoms with Gasteiger partial charge >= 0.3 is 6.18 Å². The number of benzene rings is 1. The van der Waals surface area contributed by atoms with Gasteiger partial charge in [-0.3, -0.25) is 0 Å². The Morgan fingerprint density at radius 2 is 1.85 bits per heavy atom. The van der Waals surface area contributed by atoms with Gasteiger partial charge in [0.1, 0.15) is 5.82 Å². The summed E-state index contributed by atoms with van der Waals surface area (Å²) in [5, 5.41) is 0. The van der Waals surface area contributed by atoms with Gasteiger partial charge in [0.05, 0.1) is 11.4 Å². The lowest BCUT2D eigenvalue weighted by atomic mass is 10.1. The fraction of sp³-hybridized carbons (Fsp3) is 0.250. The Bertz CT molecular complexity index is 306. The standard InChI is InChI=1S/C8H5ClF4/c9-4-5-6(8(11,12)13)2-1-3-7(5)10/h1-3H,4H2. The Hall–Kier alpha value is -0.770. The summed E-state index contributed by atoms with van der Waals surface area (Å²) in [4.78, 5) is 0. The van der Waals surface area contributed by atoms with Crippen LogP contribution in [-0.4, -0.2) is 0 Å². The highest BCUT2D eigenvalue weighted by atomic mass is 35.5. The maximum absolute atomic E-state index is 12.8.